The minimum absolute atomic E-state index is 0.194. The van der Waals surface area contributed by atoms with E-state index in [1.165, 1.54) is 6.07 Å². The molecule has 106 valence electrons. The lowest BCUT2D eigenvalue weighted by atomic mass is 10.0. The highest BCUT2D eigenvalue weighted by molar-refractivity contribution is 5.26. The predicted molar refractivity (Wildman–Crippen MR) is 72.5 cm³/mol. The van der Waals surface area contributed by atoms with Crippen molar-refractivity contribution < 1.29 is 14.2 Å². The summed E-state index contributed by atoms with van der Waals surface area (Å²) in [5.74, 6) is -0.194. The van der Waals surface area contributed by atoms with Crippen LogP contribution in [0.4, 0.5) is 4.39 Å². The van der Waals surface area contributed by atoms with Gasteiger partial charge in [0.05, 0.1) is 19.3 Å². The van der Waals surface area contributed by atoms with Gasteiger partial charge in [-0.1, -0.05) is 6.07 Å². The first kappa shape index (κ1) is 14.4. The Kier molecular flexibility index (Phi) is 4.91. The van der Waals surface area contributed by atoms with Crippen molar-refractivity contribution in [3.8, 4) is 0 Å². The summed E-state index contributed by atoms with van der Waals surface area (Å²) in [4.78, 5) is 2.28. The monoisotopic (exact) mass is 267 g/mol. The van der Waals surface area contributed by atoms with Gasteiger partial charge in [0.25, 0.3) is 0 Å². The van der Waals surface area contributed by atoms with Crippen LogP contribution in [0.2, 0.25) is 0 Å². The van der Waals surface area contributed by atoms with Crippen molar-refractivity contribution in [2.24, 2.45) is 0 Å². The van der Waals surface area contributed by atoms with Crippen LogP contribution < -0.4 is 0 Å². The number of aryl methyl sites for hydroxylation is 1. The maximum atomic E-state index is 13.3. The first-order valence-corrected chi connectivity index (χ1v) is 6.81. The number of benzene rings is 1. The summed E-state index contributed by atoms with van der Waals surface area (Å²) in [7, 11) is 0. The Balaban J connectivity index is 2.08. The number of aliphatic hydroxyl groups is 1. The van der Waals surface area contributed by atoms with E-state index in [-0.39, 0.29) is 18.0 Å². The molecule has 1 aromatic carbocycles. The first-order chi connectivity index (χ1) is 9.06. The minimum Gasteiger partial charge on any atom is -0.393 e. The average molecular weight is 267 g/mol. The number of aliphatic hydroxyl groups excluding tert-OH is 1. The number of morpholine rings is 1. The van der Waals surface area contributed by atoms with Crippen LogP contribution in [0.25, 0.3) is 0 Å². The average Bonchev–Trinajstić information content (AvgIpc) is 2.35. The van der Waals surface area contributed by atoms with Crippen molar-refractivity contribution in [1.29, 1.82) is 0 Å². The lowest BCUT2D eigenvalue weighted by Crippen LogP contribution is -2.46. The molecule has 0 spiro atoms. The van der Waals surface area contributed by atoms with Gasteiger partial charge in [-0.25, -0.2) is 4.39 Å². The fourth-order valence-electron chi connectivity index (χ4n) is 2.54. The molecule has 19 heavy (non-hydrogen) atoms. The van der Waals surface area contributed by atoms with Gasteiger partial charge in [-0.05, 0) is 43.5 Å². The molecule has 0 bridgehead atoms. The lowest BCUT2D eigenvalue weighted by Gasteiger charge is -2.36. The highest BCUT2D eigenvalue weighted by Gasteiger charge is 2.24. The Hall–Kier alpha value is -0.970. The zero-order valence-electron chi connectivity index (χ0n) is 11.6. The number of hydrogen-bond donors (Lipinski definition) is 1. The van der Waals surface area contributed by atoms with Gasteiger partial charge < -0.3 is 9.84 Å². The third-order valence-corrected chi connectivity index (χ3v) is 3.65. The van der Waals surface area contributed by atoms with Crippen LogP contribution in [-0.4, -0.2) is 41.9 Å². The van der Waals surface area contributed by atoms with Crippen LogP contribution in [0.15, 0.2) is 18.2 Å². The molecule has 0 aliphatic carbocycles. The molecule has 0 saturated carbocycles. The number of ether oxygens (including phenoxy) is 1. The maximum absolute atomic E-state index is 13.3. The third-order valence-electron chi connectivity index (χ3n) is 3.65. The summed E-state index contributed by atoms with van der Waals surface area (Å²) >= 11 is 0. The molecular formula is C15H22FNO2. The zero-order chi connectivity index (χ0) is 13.8. The van der Waals surface area contributed by atoms with E-state index in [0.29, 0.717) is 26.2 Å². The van der Waals surface area contributed by atoms with E-state index in [2.05, 4.69) is 4.90 Å². The predicted octanol–water partition coefficient (Wildman–Crippen LogP) is 2.11. The molecule has 1 aliphatic heterocycles. The molecule has 0 radical (unpaired) electrons. The number of halogens is 1. The van der Waals surface area contributed by atoms with E-state index >= 15 is 0 Å². The van der Waals surface area contributed by atoms with Crippen molar-refractivity contribution in [3.63, 3.8) is 0 Å². The standard InChI is InChI=1S/C15H22FNO2/c1-11-3-4-14(16)8-13(11)9-17-5-6-19-10-15(17)7-12(2)18/h3-4,8,12,15,18H,5-7,9-10H2,1-2H3. The van der Waals surface area contributed by atoms with Crippen molar-refractivity contribution >= 4 is 0 Å². The van der Waals surface area contributed by atoms with E-state index in [0.717, 1.165) is 17.7 Å². The molecule has 1 fully saturated rings. The van der Waals surface area contributed by atoms with Gasteiger partial charge in [0.1, 0.15) is 5.82 Å². The molecule has 1 N–H and O–H groups in total. The molecule has 2 atom stereocenters. The van der Waals surface area contributed by atoms with Crippen molar-refractivity contribution in [2.45, 2.75) is 39.0 Å². The normalized spacial score (nSPS) is 22.4. The molecule has 1 aromatic rings. The van der Waals surface area contributed by atoms with Crippen LogP contribution in [0, 0.1) is 12.7 Å². The van der Waals surface area contributed by atoms with Crippen LogP contribution in [-0.2, 0) is 11.3 Å². The fourth-order valence-corrected chi connectivity index (χ4v) is 2.54. The quantitative estimate of drug-likeness (QED) is 0.907. The van der Waals surface area contributed by atoms with E-state index in [1.807, 2.05) is 13.0 Å². The molecule has 3 nitrogen and oxygen atoms in total. The van der Waals surface area contributed by atoms with Crippen molar-refractivity contribution in [2.75, 3.05) is 19.8 Å². The number of rotatable bonds is 4. The second kappa shape index (κ2) is 6.46. The summed E-state index contributed by atoms with van der Waals surface area (Å²) < 4.78 is 18.8. The molecule has 1 aliphatic rings. The van der Waals surface area contributed by atoms with Crippen LogP contribution in [0.3, 0.4) is 0 Å². The molecule has 1 saturated heterocycles. The van der Waals surface area contributed by atoms with Gasteiger partial charge in [-0.2, -0.15) is 0 Å². The summed E-state index contributed by atoms with van der Waals surface area (Å²) in [6, 6.07) is 5.11. The Morgan fingerprint density at radius 2 is 2.32 bits per heavy atom. The highest BCUT2D eigenvalue weighted by atomic mass is 19.1. The molecule has 0 aromatic heterocycles. The van der Waals surface area contributed by atoms with Crippen molar-refractivity contribution in [1.82, 2.24) is 4.90 Å². The molecular weight excluding hydrogens is 245 g/mol. The summed E-state index contributed by atoms with van der Waals surface area (Å²) in [5, 5.41) is 9.54. The summed E-state index contributed by atoms with van der Waals surface area (Å²) in [6.07, 6.45) is 0.344. The Morgan fingerprint density at radius 3 is 3.05 bits per heavy atom. The topological polar surface area (TPSA) is 32.7 Å². The van der Waals surface area contributed by atoms with Gasteiger partial charge >= 0.3 is 0 Å². The number of nitrogens with zero attached hydrogens (tertiary/aromatic N) is 1. The molecule has 2 rings (SSSR count). The van der Waals surface area contributed by atoms with Gasteiger partial charge in [0.15, 0.2) is 0 Å². The zero-order valence-corrected chi connectivity index (χ0v) is 11.6. The van der Waals surface area contributed by atoms with Crippen LogP contribution in [0.1, 0.15) is 24.5 Å². The van der Waals surface area contributed by atoms with Gasteiger partial charge in [-0.15, -0.1) is 0 Å². The van der Waals surface area contributed by atoms with E-state index < -0.39 is 0 Å². The fraction of sp³-hybridized carbons (Fsp3) is 0.600. The third kappa shape index (κ3) is 4.00. The second-order valence-electron chi connectivity index (χ2n) is 5.35. The lowest BCUT2D eigenvalue weighted by molar-refractivity contribution is -0.0277. The van der Waals surface area contributed by atoms with Crippen molar-refractivity contribution in [3.05, 3.63) is 35.1 Å². The van der Waals surface area contributed by atoms with E-state index in [4.69, 9.17) is 4.74 Å². The Bertz CT molecular complexity index is 423. The molecule has 4 heteroatoms. The van der Waals surface area contributed by atoms with E-state index in [9.17, 15) is 9.50 Å². The largest absolute Gasteiger partial charge is 0.393 e. The van der Waals surface area contributed by atoms with Gasteiger partial charge in [0, 0.05) is 19.1 Å². The minimum atomic E-state index is -0.345. The number of hydrogen-bond acceptors (Lipinski definition) is 3. The molecule has 2 unspecified atom stereocenters. The van der Waals surface area contributed by atoms with Gasteiger partial charge in [-0.3, -0.25) is 4.90 Å². The van der Waals surface area contributed by atoms with Crippen LogP contribution in [0.5, 0.6) is 0 Å². The smallest absolute Gasteiger partial charge is 0.123 e. The van der Waals surface area contributed by atoms with E-state index in [1.54, 1.807) is 13.0 Å². The Morgan fingerprint density at radius 1 is 1.53 bits per heavy atom. The first-order valence-electron chi connectivity index (χ1n) is 6.81. The molecule has 1 heterocycles. The van der Waals surface area contributed by atoms with Crippen LogP contribution >= 0.6 is 0 Å². The Labute approximate surface area is 114 Å². The summed E-state index contributed by atoms with van der Waals surface area (Å²) in [5.41, 5.74) is 2.11. The second-order valence-corrected chi connectivity index (χ2v) is 5.35. The van der Waals surface area contributed by atoms with Gasteiger partial charge in [0.2, 0.25) is 0 Å². The maximum Gasteiger partial charge on any atom is 0.123 e. The SMILES string of the molecule is Cc1ccc(F)cc1CN1CCOCC1CC(C)O. The summed E-state index contributed by atoms with van der Waals surface area (Å²) in [6.45, 7) is 6.67. The molecule has 0 amide bonds. The highest BCUT2D eigenvalue weighted by Crippen LogP contribution is 2.19.